The van der Waals surface area contributed by atoms with Crippen LogP contribution in [0.15, 0.2) is 84.7 Å². The van der Waals surface area contributed by atoms with Crippen molar-refractivity contribution in [3.63, 3.8) is 0 Å². The number of amides is 1. The van der Waals surface area contributed by atoms with Gasteiger partial charge in [-0.2, -0.15) is 0 Å². The number of aromatic nitrogens is 1. The molecule has 0 bridgehead atoms. The van der Waals surface area contributed by atoms with Crippen LogP contribution < -0.4 is 4.90 Å². The van der Waals surface area contributed by atoms with E-state index in [-0.39, 0.29) is 11.3 Å². The second-order valence-corrected chi connectivity index (χ2v) is 6.73. The molecule has 1 amide bonds. The fraction of sp³-hybridized carbons (Fsp3) is 0.0455. The molecule has 0 aliphatic carbocycles. The minimum Gasteiger partial charge on any atom is -0.507 e. The minimum atomic E-state index is -0.763. The Kier molecular flexibility index (Phi) is 4.67. The molecule has 2 heterocycles. The number of hydrogen-bond acceptors (Lipinski definition) is 4. The number of aliphatic hydroxyl groups is 1. The third-order valence-corrected chi connectivity index (χ3v) is 4.87. The van der Waals surface area contributed by atoms with E-state index in [0.29, 0.717) is 21.8 Å². The number of benzene rings is 2. The summed E-state index contributed by atoms with van der Waals surface area (Å²) in [5.74, 6) is -1.67. The second kappa shape index (κ2) is 7.29. The number of nitrogens with zero attached hydrogens (tertiary/aromatic N) is 2. The standard InChI is InChI=1S/C22H15ClN2O3/c23-16-8-6-15(7-9-16)20(26)18-19(14-10-12-24-13-11-14)25(22(28)21(18)27)17-4-2-1-3-5-17/h1-13,19,26H/b20-18-. The van der Waals surface area contributed by atoms with Crippen molar-refractivity contribution in [3.8, 4) is 0 Å². The summed E-state index contributed by atoms with van der Waals surface area (Å²) in [6.07, 6.45) is 3.17. The Hall–Kier alpha value is -3.44. The van der Waals surface area contributed by atoms with Gasteiger partial charge in [0.05, 0.1) is 11.6 Å². The first kappa shape index (κ1) is 17.9. The van der Waals surface area contributed by atoms with Crippen molar-refractivity contribution in [3.05, 3.63) is 101 Å². The van der Waals surface area contributed by atoms with Crippen LogP contribution in [0.1, 0.15) is 17.2 Å². The quantitative estimate of drug-likeness (QED) is 0.410. The maximum absolute atomic E-state index is 12.9. The smallest absolute Gasteiger partial charge is 0.300 e. The summed E-state index contributed by atoms with van der Waals surface area (Å²) in [6, 6.07) is 18.0. The van der Waals surface area contributed by atoms with Gasteiger partial charge < -0.3 is 5.11 Å². The number of anilines is 1. The molecular formula is C22H15ClN2O3. The lowest BCUT2D eigenvalue weighted by atomic mass is 9.96. The molecule has 1 saturated heterocycles. The number of halogens is 1. The van der Waals surface area contributed by atoms with Gasteiger partial charge in [0.2, 0.25) is 0 Å². The molecule has 1 aliphatic rings. The van der Waals surface area contributed by atoms with Crippen LogP contribution in [0.5, 0.6) is 0 Å². The maximum atomic E-state index is 12.9. The number of pyridine rings is 1. The van der Waals surface area contributed by atoms with Crippen LogP contribution in [0.2, 0.25) is 5.02 Å². The minimum absolute atomic E-state index is 0.0300. The van der Waals surface area contributed by atoms with Gasteiger partial charge in [-0.1, -0.05) is 29.8 Å². The zero-order valence-electron chi connectivity index (χ0n) is 14.6. The van der Waals surface area contributed by atoms with Gasteiger partial charge in [0.25, 0.3) is 11.7 Å². The lowest BCUT2D eigenvalue weighted by molar-refractivity contribution is -0.132. The predicted octanol–water partition coefficient (Wildman–Crippen LogP) is 4.36. The van der Waals surface area contributed by atoms with E-state index in [1.54, 1.807) is 73.1 Å². The Morgan fingerprint density at radius 3 is 2.21 bits per heavy atom. The van der Waals surface area contributed by atoms with Crippen LogP contribution in [0, 0.1) is 0 Å². The monoisotopic (exact) mass is 390 g/mol. The highest BCUT2D eigenvalue weighted by Gasteiger charge is 2.46. The molecule has 2 aromatic carbocycles. The molecule has 5 nitrogen and oxygen atoms in total. The van der Waals surface area contributed by atoms with Crippen LogP contribution in [0.25, 0.3) is 5.76 Å². The molecule has 1 aromatic heterocycles. The van der Waals surface area contributed by atoms with Gasteiger partial charge in [0.15, 0.2) is 0 Å². The molecule has 6 heteroatoms. The molecule has 1 atom stereocenters. The first-order chi connectivity index (χ1) is 13.6. The molecule has 1 fully saturated rings. The third kappa shape index (κ3) is 3.06. The highest BCUT2D eigenvalue weighted by Crippen LogP contribution is 2.41. The molecule has 4 rings (SSSR count). The lowest BCUT2D eigenvalue weighted by Gasteiger charge is -2.25. The van der Waals surface area contributed by atoms with Crippen LogP contribution in [0.4, 0.5) is 5.69 Å². The van der Waals surface area contributed by atoms with E-state index >= 15 is 0 Å². The summed E-state index contributed by atoms with van der Waals surface area (Å²) in [7, 11) is 0. The molecule has 0 radical (unpaired) electrons. The van der Waals surface area contributed by atoms with Crippen molar-refractivity contribution < 1.29 is 14.7 Å². The van der Waals surface area contributed by atoms with Crippen molar-refractivity contribution in [2.45, 2.75) is 6.04 Å². The van der Waals surface area contributed by atoms with Crippen molar-refractivity contribution >= 4 is 34.7 Å². The third-order valence-electron chi connectivity index (χ3n) is 4.62. The highest BCUT2D eigenvalue weighted by atomic mass is 35.5. The molecule has 1 unspecified atom stereocenters. The van der Waals surface area contributed by atoms with Crippen molar-refractivity contribution in [2.75, 3.05) is 4.90 Å². The molecule has 1 aliphatic heterocycles. The van der Waals surface area contributed by atoms with E-state index in [9.17, 15) is 14.7 Å². The van der Waals surface area contributed by atoms with E-state index in [1.165, 1.54) is 4.90 Å². The zero-order chi connectivity index (χ0) is 19.7. The Balaban J connectivity index is 1.94. The number of para-hydroxylation sites is 1. The molecule has 28 heavy (non-hydrogen) atoms. The molecular weight excluding hydrogens is 376 g/mol. The summed E-state index contributed by atoms with van der Waals surface area (Å²) in [5, 5.41) is 11.4. The number of rotatable bonds is 3. The first-order valence-electron chi connectivity index (χ1n) is 8.60. The van der Waals surface area contributed by atoms with Crippen LogP contribution in [0.3, 0.4) is 0 Å². The molecule has 0 saturated carbocycles. The van der Waals surface area contributed by atoms with Crippen molar-refractivity contribution in [1.29, 1.82) is 0 Å². The van der Waals surface area contributed by atoms with E-state index in [2.05, 4.69) is 4.98 Å². The van der Waals surface area contributed by atoms with Crippen LogP contribution in [-0.2, 0) is 9.59 Å². The predicted molar refractivity (Wildman–Crippen MR) is 107 cm³/mol. The Labute approximate surface area is 166 Å². The van der Waals surface area contributed by atoms with Crippen molar-refractivity contribution in [2.24, 2.45) is 0 Å². The topological polar surface area (TPSA) is 70.5 Å². The van der Waals surface area contributed by atoms with Gasteiger partial charge >= 0.3 is 0 Å². The number of carbonyl (C=O) groups is 2. The summed E-state index contributed by atoms with van der Waals surface area (Å²) in [6.45, 7) is 0. The van der Waals surface area contributed by atoms with Crippen molar-refractivity contribution in [1.82, 2.24) is 4.98 Å². The Morgan fingerprint density at radius 1 is 0.929 bits per heavy atom. The van der Waals surface area contributed by atoms with Gasteiger partial charge in [-0.3, -0.25) is 19.5 Å². The maximum Gasteiger partial charge on any atom is 0.300 e. The van der Waals surface area contributed by atoms with Crippen LogP contribution >= 0.6 is 11.6 Å². The van der Waals surface area contributed by atoms with Gasteiger partial charge in [0.1, 0.15) is 5.76 Å². The summed E-state index contributed by atoms with van der Waals surface area (Å²) >= 11 is 5.92. The normalized spacial score (nSPS) is 18.5. The van der Waals surface area contributed by atoms with Gasteiger partial charge in [-0.05, 0) is 54.1 Å². The van der Waals surface area contributed by atoms with E-state index in [1.807, 2.05) is 6.07 Å². The van der Waals surface area contributed by atoms with E-state index < -0.39 is 17.7 Å². The molecule has 1 N–H and O–H groups in total. The van der Waals surface area contributed by atoms with Gasteiger partial charge in [-0.15, -0.1) is 0 Å². The Morgan fingerprint density at radius 2 is 1.57 bits per heavy atom. The van der Waals surface area contributed by atoms with Gasteiger partial charge in [0, 0.05) is 28.7 Å². The average Bonchev–Trinajstić information content (AvgIpc) is 3.00. The fourth-order valence-corrected chi connectivity index (χ4v) is 3.44. The van der Waals surface area contributed by atoms with E-state index in [0.717, 1.165) is 0 Å². The summed E-state index contributed by atoms with van der Waals surface area (Å²) in [4.78, 5) is 31.2. The number of carbonyl (C=O) groups excluding carboxylic acids is 2. The molecule has 3 aromatic rings. The summed E-state index contributed by atoms with van der Waals surface area (Å²) in [5.41, 5.74) is 1.69. The SMILES string of the molecule is O=C1C(=O)N(c2ccccc2)C(c2ccncc2)/C1=C(/O)c1ccc(Cl)cc1. The molecule has 0 spiro atoms. The first-order valence-corrected chi connectivity index (χ1v) is 8.97. The summed E-state index contributed by atoms with van der Waals surface area (Å²) < 4.78 is 0. The molecule has 138 valence electrons. The lowest BCUT2D eigenvalue weighted by Crippen LogP contribution is -2.29. The average molecular weight is 391 g/mol. The number of hydrogen-bond donors (Lipinski definition) is 1. The number of Topliss-reactive ketones (excluding diaryl/α,β-unsaturated/α-hetero) is 1. The fourth-order valence-electron chi connectivity index (χ4n) is 3.31. The van der Waals surface area contributed by atoms with Crippen LogP contribution in [-0.4, -0.2) is 21.8 Å². The number of ketones is 1. The second-order valence-electron chi connectivity index (χ2n) is 6.29. The Bertz CT molecular complexity index is 1060. The van der Waals surface area contributed by atoms with Gasteiger partial charge in [-0.25, -0.2) is 0 Å². The van der Waals surface area contributed by atoms with E-state index in [4.69, 9.17) is 11.6 Å². The highest BCUT2D eigenvalue weighted by molar-refractivity contribution is 6.51. The number of aliphatic hydroxyl groups excluding tert-OH is 1. The largest absolute Gasteiger partial charge is 0.507 e. The zero-order valence-corrected chi connectivity index (χ0v) is 15.4.